The molecule has 19 heavy (non-hydrogen) atoms. The maximum Gasteiger partial charge on any atom is 0.0201 e. The molecule has 4 aliphatic carbocycles. The van der Waals surface area contributed by atoms with Gasteiger partial charge in [0.2, 0.25) is 0 Å². The molecule has 96 valence electrons. The largest absolute Gasteiger partial charge is 0.0683 e. The van der Waals surface area contributed by atoms with Crippen LogP contribution in [0.15, 0.2) is 82.5 Å². The van der Waals surface area contributed by atoms with E-state index in [1.165, 1.54) is 27.9 Å². The van der Waals surface area contributed by atoms with Crippen molar-refractivity contribution in [2.24, 2.45) is 11.8 Å². The Bertz CT molecular complexity index is 612. The van der Waals surface area contributed by atoms with Crippen LogP contribution in [0, 0.1) is 11.8 Å². The monoisotopic (exact) mass is 248 g/mol. The van der Waals surface area contributed by atoms with Gasteiger partial charge in [-0.1, -0.05) is 68.5 Å². The van der Waals surface area contributed by atoms with Gasteiger partial charge in [-0.25, -0.2) is 0 Å². The highest BCUT2D eigenvalue weighted by Gasteiger charge is 2.37. The van der Waals surface area contributed by atoms with Crippen molar-refractivity contribution in [2.45, 2.75) is 20.8 Å². The zero-order valence-corrected chi connectivity index (χ0v) is 11.9. The molecule has 0 heteroatoms. The van der Waals surface area contributed by atoms with Crippen LogP contribution >= 0.6 is 0 Å². The Morgan fingerprint density at radius 3 is 2.11 bits per heavy atom. The summed E-state index contributed by atoms with van der Waals surface area (Å²) in [6, 6.07) is 0. The van der Waals surface area contributed by atoms with Crippen LogP contribution in [0.4, 0.5) is 0 Å². The van der Waals surface area contributed by atoms with Crippen molar-refractivity contribution in [3.05, 3.63) is 82.5 Å². The van der Waals surface area contributed by atoms with Gasteiger partial charge >= 0.3 is 0 Å². The first kappa shape index (κ1) is 12.2. The van der Waals surface area contributed by atoms with Crippen LogP contribution in [0.3, 0.4) is 0 Å². The molecule has 0 heterocycles. The van der Waals surface area contributed by atoms with Gasteiger partial charge in [-0.05, 0) is 34.8 Å². The summed E-state index contributed by atoms with van der Waals surface area (Å²) in [6.45, 7) is 6.22. The highest BCUT2D eigenvalue weighted by Crippen LogP contribution is 2.49. The van der Waals surface area contributed by atoms with Crippen molar-refractivity contribution < 1.29 is 0 Å². The first-order chi connectivity index (χ1) is 9.34. The van der Waals surface area contributed by atoms with Crippen LogP contribution in [0.25, 0.3) is 0 Å². The zero-order valence-electron chi connectivity index (χ0n) is 11.9. The number of hydrogen-bond acceptors (Lipinski definition) is 0. The van der Waals surface area contributed by atoms with Crippen LogP contribution < -0.4 is 0 Å². The molecule has 0 N–H and O–H groups in total. The first-order valence-electron chi connectivity index (χ1n) is 7.21. The fourth-order valence-corrected chi connectivity index (χ4v) is 3.36. The first-order valence-corrected chi connectivity index (χ1v) is 7.21. The van der Waals surface area contributed by atoms with Crippen LogP contribution in [0.5, 0.6) is 0 Å². The van der Waals surface area contributed by atoms with Gasteiger partial charge in [-0.15, -0.1) is 0 Å². The lowest BCUT2D eigenvalue weighted by molar-refractivity contribution is 0.560. The van der Waals surface area contributed by atoms with Crippen molar-refractivity contribution in [1.29, 1.82) is 0 Å². The number of hydrogen-bond donors (Lipinski definition) is 0. The molecule has 0 radical (unpaired) electrons. The maximum absolute atomic E-state index is 2.31. The van der Waals surface area contributed by atoms with E-state index in [0.29, 0.717) is 11.8 Å². The molecule has 0 fully saturated rings. The minimum atomic E-state index is 0.555. The van der Waals surface area contributed by atoms with Crippen LogP contribution in [0.1, 0.15) is 20.8 Å². The van der Waals surface area contributed by atoms with Crippen LogP contribution in [-0.4, -0.2) is 0 Å². The SMILES string of the molecule is CC.CC1=C2C=CC3=CC=CC4=CC=C(C=C1)C2C34. The van der Waals surface area contributed by atoms with Gasteiger partial charge in [-0.3, -0.25) is 0 Å². The summed E-state index contributed by atoms with van der Waals surface area (Å²) in [5.74, 6) is 1.11. The molecule has 2 unspecified atom stereocenters. The van der Waals surface area contributed by atoms with Gasteiger partial charge in [-0.2, -0.15) is 0 Å². The smallest absolute Gasteiger partial charge is 0.0201 e. The normalized spacial score (nSPS) is 28.9. The minimum absolute atomic E-state index is 0.555. The molecule has 2 atom stereocenters. The summed E-state index contributed by atoms with van der Waals surface area (Å²) < 4.78 is 0. The summed E-state index contributed by atoms with van der Waals surface area (Å²) in [4.78, 5) is 0. The Balaban J connectivity index is 0.000000528. The summed E-state index contributed by atoms with van der Waals surface area (Å²) in [7, 11) is 0. The van der Waals surface area contributed by atoms with Crippen molar-refractivity contribution in [3.8, 4) is 0 Å². The van der Waals surface area contributed by atoms with E-state index in [0.717, 1.165) is 0 Å². The van der Waals surface area contributed by atoms with Gasteiger partial charge < -0.3 is 0 Å². The van der Waals surface area contributed by atoms with Gasteiger partial charge in [0.05, 0.1) is 0 Å². The fourth-order valence-electron chi connectivity index (χ4n) is 3.36. The van der Waals surface area contributed by atoms with E-state index in [9.17, 15) is 0 Å². The van der Waals surface area contributed by atoms with E-state index in [1.54, 1.807) is 0 Å². The Kier molecular flexibility index (Phi) is 3.02. The average molecular weight is 248 g/mol. The third-order valence-corrected chi connectivity index (χ3v) is 4.23. The molecule has 0 aliphatic heterocycles. The zero-order chi connectivity index (χ0) is 13.4. The summed E-state index contributed by atoms with van der Waals surface area (Å²) >= 11 is 0. The molecule has 0 aromatic heterocycles. The molecule has 0 saturated heterocycles. The lowest BCUT2D eigenvalue weighted by Gasteiger charge is -2.40. The molecule has 4 rings (SSSR count). The topological polar surface area (TPSA) is 0 Å². The number of rotatable bonds is 0. The molecule has 4 aliphatic rings. The van der Waals surface area contributed by atoms with E-state index in [4.69, 9.17) is 0 Å². The van der Waals surface area contributed by atoms with Crippen molar-refractivity contribution in [2.75, 3.05) is 0 Å². The van der Waals surface area contributed by atoms with Crippen molar-refractivity contribution >= 4 is 0 Å². The Morgan fingerprint density at radius 1 is 0.684 bits per heavy atom. The quantitative estimate of drug-likeness (QED) is 0.562. The van der Waals surface area contributed by atoms with Crippen LogP contribution in [0.2, 0.25) is 0 Å². The fraction of sp³-hybridized carbons (Fsp3) is 0.263. The van der Waals surface area contributed by atoms with Gasteiger partial charge in [0.1, 0.15) is 0 Å². The van der Waals surface area contributed by atoms with Gasteiger partial charge in [0.15, 0.2) is 0 Å². The lowest BCUT2D eigenvalue weighted by atomic mass is 9.64. The van der Waals surface area contributed by atoms with E-state index in [-0.39, 0.29) is 0 Å². The third kappa shape index (κ3) is 1.74. The van der Waals surface area contributed by atoms with Crippen molar-refractivity contribution in [1.82, 2.24) is 0 Å². The summed E-state index contributed by atoms with van der Waals surface area (Å²) in [5.41, 5.74) is 7.30. The average Bonchev–Trinajstić information content (AvgIpc) is 2.49. The van der Waals surface area contributed by atoms with E-state index < -0.39 is 0 Å². The molecule has 0 nitrogen and oxygen atoms in total. The molecule has 0 spiro atoms. The van der Waals surface area contributed by atoms with Crippen molar-refractivity contribution in [3.63, 3.8) is 0 Å². The van der Waals surface area contributed by atoms with E-state index in [1.807, 2.05) is 13.8 Å². The van der Waals surface area contributed by atoms with Crippen LogP contribution in [-0.2, 0) is 0 Å². The predicted octanol–water partition coefficient (Wildman–Crippen LogP) is 5.06. The van der Waals surface area contributed by atoms with E-state index >= 15 is 0 Å². The molecule has 0 aromatic rings. The highest BCUT2D eigenvalue weighted by molar-refractivity contribution is 5.61. The molecule has 0 aromatic carbocycles. The third-order valence-electron chi connectivity index (χ3n) is 4.23. The molecule has 0 amide bonds. The predicted molar refractivity (Wildman–Crippen MR) is 82.7 cm³/mol. The second-order valence-corrected chi connectivity index (χ2v) is 5.12. The standard InChI is InChI=1S/C17H14.C2H6/c1-11-5-6-14-8-7-12-3-2-4-13-9-10-15(11)17(14)16(12)13;1-2/h2-10,16-17H,1H3;1-2H3. The Hall–Kier alpha value is -1.82. The molecular weight excluding hydrogens is 228 g/mol. The summed E-state index contributed by atoms with van der Waals surface area (Å²) in [5, 5.41) is 0. The highest BCUT2D eigenvalue weighted by atomic mass is 14.4. The lowest BCUT2D eigenvalue weighted by Crippen LogP contribution is -2.28. The maximum atomic E-state index is 2.31. The Morgan fingerprint density at radius 2 is 1.32 bits per heavy atom. The summed E-state index contributed by atoms with van der Waals surface area (Å²) in [6.07, 6.45) is 20.4. The minimum Gasteiger partial charge on any atom is -0.0683 e. The Labute approximate surface area is 115 Å². The van der Waals surface area contributed by atoms with E-state index in [2.05, 4.69) is 61.6 Å². The molecular formula is C19H20. The molecule has 0 bridgehead atoms. The second-order valence-electron chi connectivity index (χ2n) is 5.12. The van der Waals surface area contributed by atoms with Gasteiger partial charge in [0.25, 0.3) is 0 Å². The molecule has 0 saturated carbocycles. The number of allylic oxidation sites excluding steroid dienone is 14. The second kappa shape index (κ2) is 4.70. The van der Waals surface area contributed by atoms with Gasteiger partial charge in [0, 0.05) is 11.8 Å².